The fourth-order valence-electron chi connectivity index (χ4n) is 8.47. The van der Waals surface area contributed by atoms with E-state index in [0.29, 0.717) is 137 Å². The minimum absolute atomic E-state index is 0.00361. The number of nitrogens with zero attached hydrogens (tertiary/aromatic N) is 3. The number of rotatable bonds is 36. The van der Waals surface area contributed by atoms with Crippen LogP contribution in [0.15, 0.2) is 88.0 Å². The minimum atomic E-state index is -4.65. The van der Waals surface area contributed by atoms with E-state index in [2.05, 4.69) is 0 Å². The maximum Gasteiger partial charge on any atom is 0.333 e. The lowest BCUT2D eigenvalue weighted by atomic mass is 9.77. The highest BCUT2D eigenvalue weighted by Crippen LogP contribution is 2.51. The van der Waals surface area contributed by atoms with Gasteiger partial charge < -0.3 is 52.8 Å². The van der Waals surface area contributed by atoms with Crippen molar-refractivity contribution in [2.24, 2.45) is 0 Å². The van der Waals surface area contributed by atoms with Gasteiger partial charge in [0, 0.05) is 67.1 Å². The zero-order valence-electron chi connectivity index (χ0n) is 42.7. The van der Waals surface area contributed by atoms with E-state index < -0.39 is 65.0 Å². The number of carbonyl (C=O) groups excluding carboxylic acids is 1. The molecule has 2 aliphatic heterocycles. The van der Waals surface area contributed by atoms with Gasteiger partial charge in [-0.3, -0.25) is 13.7 Å². The largest absolute Gasteiger partial charge is 0.492 e. The Morgan fingerprint density at radius 2 is 1.30 bits per heavy atom. The van der Waals surface area contributed by atoms with Crippen LogP contribution in [-0.2, 0) is 69.0 Å². The Bertz CT molecular complexity index is 2920. The van der Waals surface area contributed by atoms with Crippen molar-refractivity contribution >= 4 is 48.1 Å². The second-order valence-corrected chi connectivity index (χ2v) is 22.4. The lowest BCUT2D eigenvalue weighted by Gasteiger charge is -2.30. The third-order valence-electron chi connectivity index (χ3n) is 12.2. The summed E-state index contributed by atoms with van der Waals surface area (Å²) >= 11 is 0. The molecule has 5 rings (SSSR count). The molecular formula is C50H70N3O20S3+. The van der Waals surface area contributed by atoms with Crippen molar-refractivity contribution in [1.82, 2.24) is 9.31 Å². The summed E-state index contributed by atoms with van der Waals surface area (Å²) in [6.07, 6.45) is 8.61. The van der Waals surface area contributed by atoms with E-state index in [0.717, 1.165) is 5.56 Å². The number of anilines is 1. The van der Waals surface area contributed by atoms with Crippen molar-refractivity contribution in [2.75, 3.05) is 116 Å². The quantitative estimate of drug-likeness (QED) is 0.0242. The highest BCUT2D eigenvalue weighted by Gasteiger charge is 2.43. The lowest BCUT2D eigenvalue weighted by molar-refractivity contribution is -0.145. The standard InChI is InChI=1S/C50H69N3O20S3/c1-50(19-7-35-74(57,58)59)43-38-41(76(63,64)65)13-15-44(43)52(21-5-3-4-11-49(56)73-53-47(54)16-17-48(53)55)46(50)10-6-9-39-18-23-72-45-37-40(12-14-42(39)45)51(20-8-36-75(60,61)62)22-24-67-27-28-69-31-32-71-34-33-70-30-29-68-26-25-66-2/h6,9-10,12-18,23,37-38H,3-5,7-8,11,19-22,24-36H2,1-2H3,(H4-,54,55,57,58,59,60,61,62,63,64,65)/p+1. The monoisotopic (exact) mass is 1130 g/mol. The van der Waals surface area contributed by atoms with Gasteiger partial charge in [-0.1, -0.05) is 18.6 Å². The van der Waals surface area contributed by atoms with Crippen LogP contribution in [0, 0.1) is 0 Å². The van der Waals surface area contributed by atoms with Gasteiger partial charge in [0.15, 0.2) is 6.54 Å². The van der Waals surface area contributed by atoms with Gasteiger partial charge in [-0.05, 0) is 80.1 Å². The van der Waals surface area contributed by atoms with E-state index in [1.54, 1.807) is 25.3 Å². The first-order chi connectivity index (χ1) is 36.2. The molecular weight excluding hydrogens is 1060 g/mol. The Kier molecular flexibility index (Phi) is 24.4. The molecule has 0 radical (unpaired) electrons. The molecule has 0 saturated carbocycles. The number of allylic oxidation sites excluding steroid dienone is 3. The van der Waals surface area contributed by atoms with E-state index in [4.69, 9.17) is 37.7 Å². The molecule has 0 saturated heterocycles. The van der Waals surface area contributed by atoms with Crippen LogP contribution in [-0.4, -0.2) is 171 Å². The van der Waals surface area contributed by atoms with Gasteiger partial charge >= 0.3 is 5.97 Å². The number of benzene rings is 2. The Labute approximate surface area is 443 Å². The van der Waals surface area contributed by atoms with Crippen LogP contribution in [0.4, 0.5) is 5.69 Å². The summed E-state index contributed by atoms with van der Waals surface area (Å²) in [5.74, 6) is -2.09. The SMILES string of the molecule is COCCOCCOCCOCCOCCOCC[N+](CCCS(=O)(=O)O)=c1ccc2c(C=CC=C3N(CCCCCC(=O)On4c(O)ccc4O)c4ccc(S(=O)(=O)O)cc4C3(C)CCCS(=O)(=O)O)ccoc-2c1. The van der Waals surface area contributed by atoms with Crippen molar-refractivity contribution in [1.29, 1.82) is 0 Å². The van der Waals surface area contributed by atoms with Gasteiger partial charge in [0.25, 0.3) is 30.4 Å². The molecule has 23 nitrogen and oxygen atoms in total. The van der Waals surface area contributed by atoms with Crippen LogP contribution in [0.3, 0.4) is 0 Å². The van der Waals surface area contributed by atoms with Gasteiger partial charge in [-0.2, -0.15) is 25.3 Å². The summed E-state index contributed by atoms with van der Waals surface area (Å²) in [6, 6.07) is 13.8. The third kappa shape index (κ3) is 20.0. The third-order valence-corrected chi connectivity index (χ3v) is 14.7. The lowest BCUT2D eigenvalue weighted by Crippen LogP contribution is -2.35. The van der Waals surface area contributed by atoms with Crippen LogP contribution >= 0.6 is 0 Å². The van der Waals surface area contributed by atoms with Gasteiger partial charge in [0.05, 0.1) is 94.8 Å². The fraction of sp³-hybridized carbons (Fsp3) is 0.520. The number of hydrogen-bond acceptors (Lipinski definition) is 18. The second-order valence-electron chi connectivity index (χ2n) is 17.8. The van der Waals surface area contributed by atoms with Crippen LogP contribution in [0.25, 0.3) is 17.4 Å². The summed E-state index contributed by atoms with van der Waals surface area (Å²) in [7, 11) is -11.6. The molecule has 3 heterocycles. The van der Waals surface area contributed by atoms with Crippen LogP contribution in [0.2, 0.25) is 0 Å². The topological polar surface area (TPSA) is 310 Å². The smallest absolute Gasteiger partial charge is 0.333 e. The molecule has 2 aromatic rings. The summed E-state index contributed by atoms with van der Waals surface area (Å²) < 4.78 is 142. The molecule has 0 spiro atoms. The molecule has 76 heavy (non-hydrogen) atoms. The summed E-state index contributed by atoms with van der Waals surface area (Å²) in [4.78, 5) is 19.2. The molecule has 26 heteroatoms. The molecule has 1 aliphatic carbocycles. The number of hydrogen-bond donors (Lipinski definition) is 5. The molecule has 422 valence electrons. The second kappa shape index (κ2) is 30.1. The van der Waals surface area contributed by atoms with Gasteiger partial charge in [-0.25, -0.2) is 9.37 Å². The molecule has 1 aromatic heterocycles. The van der Waals surface area contributed by atoms with E-state index in [1.165, 1.54) is 30.5 Å². The van der Waals surface area contributed by atoms with E-state index in [9.17, 15) is 53.9 Å². The van der Waals surface area contributed by atoms with Gasteiger partial charge in [0.1, 0.15) is 18.9 Å². The highest BCUT2D eigenvalue weighted by atomic mass is 32.2. The zero-order valence-corrected chi connectivity index (χ0v) is 45.1. The van der Waals surface area contributed by atoms with E-state index >= 15 is 0 Å². The number of aromatic nitrogens is 1. The van der Waals surface area contributed by atoms with Crippen molar-refractivity contribution < 1.29 is 91.6 Å². The van der Waals surface area contributed by atoms with Crippen LogP contribution in [0.1, 0.15) is 63.0 Å². The highest BCUT2D eigenvalue weighted by molar-refractivity contribution is 7.86. The number of methoxy groups -OCH3 is 1. The molecule has 5 N–H and O–H groups in total. The fourth-order valence-corrected chi connectivity index (χ4v) is 9.98. The van der Waals surface area contributed by atoms with Crippen molar-refractivity contribution in [3.8, 4) is 23.1 Å². The molecule has 0 fully saturated rings. The molecule has 0 amide bonds. The van der Waals surface area contributed by atoms with Gasteiger partial charge in [0.2, 0.25) is 17.1 Å². The number of carbonyl (C=O) groups is 1. The first-order valence-electron chi connectivity index (χ1n) is 24.7. The van der Waals surface area contributed by atoms with Crippen LogP contribution in [0.5, 0.6) is 11.8 Å². The van der Waals surface area contributed by atoms with E-state index in [-0.39, 0.29) is 43.7 Å². The summed E-state index contributed by atoms with van der Waals surface area (Å²) in [5.41, 5.74) is 2.17. The molecule has 3 aliphatic rings. The average Bonchev–Trinajstić information content (AvgIpc) is 3.79. The Balaban J connectivity index is 1.30. The Morgan fingerprint density at radius 1 is 0.697 bits per heavy atom. The van der Waals surface area contributed by atoms with Crippen LogP contribution < -0.4 is 19.7 Å². The van der Waals surface area contributed by atoms with Crippen molar-refractivity contribution in [3.05, 3.63) is 95.2 Å². The maximum absolute atomic E-state index is 12.5. The minimum Gasteiger partial charge on any atom is -0.492 e. The molecule has 1 aromatic carbocycles. The Hall–Kier alpha value is -5.23. The number of ether oxygens (including phenoxy) is 6. The Morgan fingerprint density at radius 3 is 1.91 bits per heavy atom. The predicted molar refractivity (Wildman–Crippen MR) is 279 cm³/mol. The maximum atomic E-state index is 12.5. The first kappa shape index (κ1) is 61.6. The molecule has 0 bridgehead atoms. The number of fused-ring (bicyclic) bond motifs is 2. The van der Waals surface area contributed by atoms with Crippen molar-refractivity contribution in [3.63, 3.8) is 0 Å². The normalized spacial score (nSPS) is 16.1. The number of aromatic hydroxyl groups is 2. The van der Waals surface area contributed by atoms with E-state index in [1.807, 2.05) is 46.8 Å². The molecule has 1 atom stereocenters. The summed E-state index contributed by atoms with van der Waals surface area (Å²) in [5, 5.41) is 20.4. The van der Waals surface area contributed by atoms with Gasteiger partial charge in [-0.15, -0.1) is 4.73 Å². The van der Waals surface area contributed by atoms with Crippen molar-refractivity contribution in [2.45, 2.75) is 62.2 Å². The first-order valence-corrected chi connectivity index (χ1v) is 29.3. The molecule has 1 unspecified atom stereocenters. The number of unbranched alkanes of at least 4 members (excludes halogenated alkanes) is 2. The average molecular weight is 1130 g/mol. The predicted octanol–water partition coefficient (Wildman–Crippen LogP) is 4.18. The summed E-state index contributed by atoms with van der Waals surface area (Å²) in [6.45, 7) is 7.33. The zero-order chi connectivity index (χ0) is 55.2.